The van der Waals surface area contributed by atoms with Crippen molar-refractivity contribution in [3.05, 3.63) is 65.0 Å². The standard InChI is InChI=1S/C14H9F6NO2S/c15-11-3-1-9(14(18,19)20)5-8(11)7-21-24(22,23)10-2-4-12(16)13(17)6-10/h1-6,21H,7H2. The number of hydrogen-bond donors (Lipinski definition) is 1. The van der Waals surface area contributed by atoms with Crippen LogP contribution in [0.4, 0.5) is 26.3 Å². The zero-order valence-electron chi connectivity index (χ0n) is 11.7. The minimum Gasteiger partial charge on any atom is -0.207 e. The highest BCUT2D eigenvalue weighted by Gasteiger charge is 2.31. The first-order chi connectivity index (χ1) is 11.0. The summed E-state index contributed by atoms with van der Waals surface area (Å²) in [4.78, 5) is -0.645. The van der Waals surface area contributed by atoms with E-state index in [0.29, 0.717) is 30.3 Å². The van der Waals surface area contributed by atoms with Gasteiger partial charge in [-0.25, -0.2) is 26.3 Å². The van der Waals surface area contributed by atoms with Crippen LogP contribution in [0.1, 0.15) is 11.1 Å². The summed E-state index contributed by atoms with van der Waals surface area (Å²) in [6.07, 6.45) is -4.72. The zero-order chi connectivity index (χ0) is 18.1. The molecule has 0 bridgehead atoms. The summed E-state index contributed by atoms with van der Waals surface area (Å²) in [6, 6.07) is 3.29. The van der Waals surface area contributed by atoms with Crippen LogP contribution in [0.25, 0.3) is 0 Å². The summed E-state index contributed by atoms with van der Waals surface area (Å²) in [6.45, 7) is -0.795. The van der Waals surface area contributed by atoms with Crippen LogP contribution in [0.2, 0.25) is 0 Å². The Morgan fingerprint density at radius 3 is 2.08 bits per heavy atom. The minimum absolute atomic E-state index is 0.403. The van der Waals surface area contributed by atoms with Gasteiger partial charge in [-0.15, -0.1) is 0 Å². The van der Waals surface area contributed by atoms with Crippen LogP contribution in [-0.2, 0) is 22.7 Å². The first-order valence-corrected chi connectivity index (χ1v) is 7.79. The molecule has 2 aromatic rings. The maximum atomic E-state index is 13.5. The third kappa shape index (κ3) is 4.06. The lowest BCUT2D eigenvalue weighted by Crippen LogP contribution is -2.24. The number of nitrogens with one attached hydrogen (secondary N) is 1. The quantitative estimate of drug-likeness (QED) is 0.837. The SMILES string of the molecule is O=S(=O)(NCc1cc(C(F)(F)F)ccc1F)c1ccc(F)c(F)c1. The van der Waals surface area contributed by atoms with Gasteiger partial charge in [0.2, 0.25) is 10.0 Å². The second-order valence-electron chi connectivity index (χ2n) is 4.70. The van der Waals surface area contributed by atoms with E-state index in [0.717, 1.165) is 6.07 Å². The molecule has 0 aromatic heterocycles. The monoisotopic (exact) mass is 369 g/mol. The Hall–Kier alpha value is -2.07. The predicted octanol–water partition coefficient (Wildman–Crippen LogP) is 3.60. The Balaban J connectivity index is 2.25. The Bertz CT molecular complexity index is 864. The van der Waals surface area contributed by atoms with Gasteiger partial charge >= 0.3 is 6.18 Å². The Morgan fingerprint density at radius 1 is 0.875 bits per heavy atom. The van der Waals surface area contributed by atoms with Crippen molar-refractivity contribution >= 4 is 10.0 Å². The van der Waals surface area contributed by atoms with Crippen molar-refractivity contribution in [2.75, 3.05) is 0 Å². The van der Waals surface area contributed by atoms with Crippen LogP contribution >= 0.6 is 0 Å². The molecule has 10 heteroatoms. The second kappa shape index (κ2) is 6.44. The van der Waals surface area contributed by atoms with Crippen molar-refractivity contribution in [2.24, 2.45) is 0 Å². The highest BCUT2D eigenvalue weighted by molar-refractivity contribution is 7.89. The smallest absolute Gasteiger partial charge is 0.207 e. The van der Waals surface area contributed by atoms with E-state index in [-0.39, 0.29) is 0 Å². The summed E-state index contributed by atoms with van der Waals surface area (Å²) >= 11 is 0. The van der Waals surface area contributed by atoms with Crippen molar-refractivity contribution < 1.29 is 34.8 Å². The van der Waals surface area contributed by atoms with E-state index >= 15 is 0 Å². The normalized spacial score (nSPS) is 12.4. The van der Waals surface area contributed by atoms with E-state index in [4.69, 9.17) is 0 Å². The molecule has 0 fully saturated rings. The molecule has 3 nitrogen and oxygen atoms in total. The average Bonchev–Trinajstić information content (AvgIpc) is 2.48. The summed E-state index contributed by atoms with van der Waals surface area (Å²) in [7, 11) is -4.37. The molecule has 0 saturated carbocycles. The molecule has 0 saturated heterocycles. The van der Waals surface area contributed by atoms with Gasteiger partial charge in [0.15, 0.2) is 11.6 Å². The number of rotatable bonds is 4. The van der Waals surface area contributed by atoms with Crippen molar-refractivity contribution in [1.29, 1.82) is 0 Å². The van der Waals surface area contributed by atoms with Crippen LogP contribution in [0, 0.1) is 17.5 Å². The van der Waals surface area contributed by atoms with Crippen LogP contribution in [-0.4, -0.2) is 8.42 Å². The second-order valence-corrected chi connectivity index (χ2v) is 6.47. The first kappa shape index (κ1) is 18.3. The molecule has 0 radical (unpaired) electrons. The summed E-state index contributed by atoms with van der Waals surface area (Å²) in [5, 5.41) is 0. The van der Waals surface area contributed by atoms with Gasteiger partial charge in [-0.2, -0.15) is 13.2 Å². The lowest BCUT2D eigenvalue weighted by molar-refractivity contribution is -0.137. The largest absolute Gasteiger partial charge is 0.416 e. The minimum atomic E-state index is -4.72. The van der Waals surface area contributed by atoms with Gasteiger partial charge in [0.05, 0.1) is 10.5 Å². The first-order valence-electron chi connectivity index (χ1n) is 6.31. The van der Waals surface area contributed by atoms with Gasteiger partial charge in [-0.1, -0.05) is 0 Å². The number of sulfonamides is 1. The fourth-order valence-electron chi connectivity index (χ4n) is 1.79. The molecule has 24 heavy (non-hydrogen) atoms. The summed E-state index contributed by atoms with van der Waals surface area (Å²) < 4.78 is 103. The molecule has 0 amide bonds. The molecule has 1 N–H and O–H groups in total. The highest BCUT2D eigenvalue weighted by atomic mass is 32.2. The van der Waals surface area contributed by atoms with Crippen molar-refractivity contribution in [2.45, 2.75) is 17.6 Å². The van der Waals surface area contributed by atoms with E-state index in [1.54, 1.807) is 0 Å². The van der Waals surface area contributed by atoms with Gasteiger partial charge in [0, 0.05) is 12.1 Å². The molecule has 2 aromatic carbocycles. The van der Waals surface area contributed by atoms with Crippen LogP contribution in [0.5, 0.6) is 0 Å². The molecule has 0 unspecified atom stereocenters. The summed E-state index contributed by atoms with van der Waals surface area (Å²) in [5.41, 5.74) is -1.69. The molecule has 0 heterocycles. The van der Waals surface area contributed by atoms with Crippen LogP contribution < -0.4 is 4.72 Å². The molecule has 2 rings (SSSR count). The summed E-state index contributed by atoms with van der Waals surface area (Å²) in [5.74, 6) is -3.73. The Labute approximate surface area is 133 Å². The molecular formula is C14H9F6NO2S. The maximum Gasteiger partial charge on any atom is 0.416 e. The predicted molar refractivity (Wildman–Crippen MR) is 71.8 cm³/mol. The number of benzene rings is 2. The fraction of sp³-hybridized carbons (Fsp3) is 0.143. The third-order valence-corrected chi connectivity index (χ3v) is 4.43. The molecule has 0 atom stereocenters. The van der Waals surface area contributed by atoms with Crippen molar-refractivity contribution in [1.82, 2.24) is 4.72 Å². The van der Waals surface area contributed by atoms with Gasteiger partial charge < -0.3 is 0 Å². The third-order valence-electron chi connectivity index (χ3n) is 3.03. The zero-order valence-corrected chi connectivity index (χ0v) is 12.5. The number of hydrogen-bond acceptors (Lipinski definition) is 2. The van der Waals surface area contributed by atoms with Gasteiger partial charge in [-0.3, -0.25) is 0 Å². The van der Waals surface area contributed by atoms with Gasteiger partial charge in [0.1, 0.15) is 5.82 Å². The van der Waals surface area contributed by atoms with Crippen LogP contribution in [0.3, 0.4) is 0 Å². The van der Waals surface area contributed by atoms with Crippen molar-refractivity contribution in [3.8, 4) is 0 Å². The lowest BCUT2D eigenvalue weighted by Gasteiger charge is -2.11. The molecule has 0 aliphatic heterocycles. The van der Waals surface area contributed by atoms with Gasteiger partial charge in [0.25, 0.3) is 0 Å². The van der Waals surface area contributed by atoms with Crippen molar-refractivity contribution in [3.63, 3.8) is 0 Å². The topological polar surface area (TPSA) is 46.2 Å². The Kier molecular flexibility index (Phi) is 4.90. The molecular weight excluding hydrogens is 360 g/mol. The molecule has 0 aliphatic carbocycles. The lowest BCUT2D eigenvalue weighted by atomic mass is 10.1. The number of alkyl halides is 3. The maximum absolute atomic E-state index is 13.5. The average molecular weight is 369 g/mol. The van der Waals surface area contributed by atoms with E-state index in [1.807, 2.05) is 4.72 Å². The van der Waals surface area contributed by atoms with Gasteiger partial charge in [-0.05, 0) is 36.4 Å². The van der Waals surface area contributed by atoms with Crippen LogP contribution in [0.15, 0.2) is 41.3 Å². The number of halogens is 6. The van der Waals surface area contributed by atoms with E-state index in [9.17, 15) is 34.8 Å². The highest BCUT2D eigenvalue weighted by Crippen LogP contribution is 2.30. The van der Waals surface area contributed by atoms with E-state index < -0.39 is 56.2 Å². The van der Waals surface area contributed by atoms with E-state index in [2.05, 4.69) is 0 Å². The molecule has 0 spiro atoms. The Morgan fingerprint density at radius 2 is 1.50 bits per heavy atom. The molecule has 0 aliphatic rings. The van der Waals surface area contributed by atoms with E-state index in [1.165, 1.54) is 0 Å². The fourth-order valence-corrected chi connectivity index (χ4v) is 2.80. The molecule has 130 valence electrons.